The van der Waals surface area contributed by atoms with E-state index in [2.05, 4.69) is 44.1 Å². The van der Waals surface area contributed by atoms with Crippen LogP contribution in [0.25, 0.3) is 10.9 Å². The summed E-state index contributed by atoms with van der Waals surface area (Å²) in [6.45, 7) is 6.14. The largest absolute Gasteiger partial charge is 0.356 e. The third-order valence-corrected chi connectivity index (χ3v) is 6.03. The Kier molecular flexibility index (Phi) is 5.30. The van der Waals surface area contributed by atoms with Crippen LogP contribution >= 0.6 is 0 Å². The van der Waals surface area contributed by atoms with E-state index >= 15 is 0 Å². The number of fused-ring (bicyclic) bond motifs is 1. The van der Waals surface area contributed by atoms with Crippen molar-refractivity contribution in [3.63, 3.8) is 0 Å². The average molecular weight is 443 g/mol. The Morgan fingerprint density at radius 1 is 0.969 bits per heavy atom. The second-order valence-corrected chi connectivity index (χ2v) is 8.92. The van der Waals surface area contributed by atoms with Crippen molar-refractivity contribution in [3.8, 4) is 0 Å². The molecule has 0 spiro atoms. The highest BCUT2D eigenvalue weighted by molar-refractivity contribution is 5.81. The van der Waals surface area contributed by atoms with E-state index in [-0.39, 0.29) is 19.0 Å². The van der Waals surface area contributed by atoms with Gasteiger partial charge in [0.05, 0.1) is 18.3 Å². The summed E-state index contributed by atoms with van der Waals surface area (Å²) >= 11 is 0. The van der Waals surface area contributed by atoms with E-state index in [0.717, 1.165) is 42.7 Å². The summed E-state index contributed by atoms with van der Waals surface area (Å²) in [6.07, 6.45) is 6.11. The number of alkyl halides is 2. The molecule has 32 heavy (non-hydrogen) atoms. The number of anilines is 4. The van der Waals surface area contributed by atoms with Crippen molar-refractivity contribution in [2.75, 3.05) is 41.3 Å². The molecule has 0 radical (unpaired) electrons. The summed E-state index contributed by atoms with van der Waals surface area (Å²) in [7, 11) is 0. The van der Waals surface area contributed by atoms with E-state index in [0.29, 0.717) is 30.5 Å². The van der Waals surface area contributed by atoms with Crippen LogP contribution in [0.4, 0.5) is 32.2 Å². The Morgan fingerprint density at radius 3 is 2.50 bits per heavy atom. The second kappa shape index (κ2) is 8.14. The van der Waals surface area contributed by atoms with Crippen LogP contribution in [0.5, 0.6) is 0 Å². The fraction of sp³-hybridized carbons (Fsp3) is 0.545. The van der Waals surface area contributed by atoms with Crippen LogP contribution in [0.3, 0.4) is 0 Å². The van der Waals surface area contributed by atoms with Gasteiger partial charge in [-0.25, -0.2) is 13.8 Å². The molecular weight excluding hydrogens is 414 g/mol. The maximum Gasteiger partial charge on any atom is 0.265 e. The Hall–Kier alpha value is -3.04. The molecule has 0 saturated carbocycles. The topological polar surface area (TPSA) is 75.0 Å². The Balaban J connectivity index is 1.49. The standard InChI is InChI=1S/C22H28F2N8/c1-15(2)32-17-10-18(25-12-16(17)13-26-32)27-19-11-20(30-7-3-4-8-30)29-21(28-19)31-9-5-6-22(23,24)14-31/h10-13,15H,3-9,14H2,1-2H3,(H,25,27,28,29). The lowest BCUT2D eigenvalue weighted by atomic mass is 10.1. The minimum Gasteiger partial charge on any atom is -0.356 e. The molecule has 0 aliphatic carbocycles. The molecule has 3 aromatic heterocycles. The quantitative estimate of drug-likeness (QED) is 0.628. The minimum atomic E-state index is -2.72. The van der Waals surface area contributed by atoms with Crippen molar-refractivity contribution in [1.29, 1.82) is 0 Å². The molecule has 0 unspecified atom stereocenters. The molecule has 5 rings (SSSR count). The van der Waals surface area contributed by atoms with Gasteiger partial charge in [0, 0.05) is 55.8 Å². The van der Waals surface area contributed by atoms with Crippen molar-refractivity contribution in [2.24, 2.45) is 0 Å². The van der Waals surface area contributed by atoms with Gasteiger partial charge in [-0.15, -0.1) is 0 Å². The molecule has 0 bridgehead atoms. The number of rotatable bonds is 5. The van der Waals surface area contributed by atoms with Crippen LogP contribution in [-0.2, 0) is 0 Å². The first-order chi connectivity index (χ1) is 15.4. The van der Waals surface area contributed by atoms with Gasteiger partial charge >= 0.3 is 0 Å². The number of piperidine rings is 1. The zero-order valence-corrected chi connectivity index (χ0v) is 18.4. The second-order valence-electron chi connectivity index (χ2n) is 8.92. The van der Waals surface area contributed by atoms with Crippen LogP contribution in [0.15, 0.2) is 24.5 Å². The Morgan fingerprint density at radius 2 is 1.75 bits per heavy atom. The predicted molar refractivity (Wildman–Crippen MR) is 121 cm³/mol. The summed E-state index contributed by atoms with van der Waals surface area (Å²) in [5, 5.41) is 8.67. The zero-order chi connectivity index (χ0) is 22.3. The maximum atomic E-state index is 14.1. The van der Waals surface area contributed by atoms with Gasteiger partial charge in [0.1, 0.15) is 17.5 Å². The van der Waals surface area contributed by atoms with Gasteiger partial charge in [-0.2, -0.15) is 15.1 Å². The van der Waals surface area contributed by atoms with Gasteiger partial charge in [-0.05, 0) is 33.1 Å². The summed E-state index contributed by atoms with van der Waals surface area (Å²) in [4.78, 5) is 17.5. The van der Waals surface area contributed by atoms with Crippen molar-refractivity contribution in [1.82, 2.24) is 24.7 Å². The number of aromatic nitrogens is 5. The van der Waals surface area contributed by atoms with Crippen LogP contribution in [0, 0.1) is 0 Å². The van der Waals surface area contributed by atoms with Crippen molar-refractivity contribution in [2.45, 2.75) is 51.5 Å². The van der Waals surface area contributed by atoms with E-state index in [1.165, 1.54) is 0 Å². The molecule has 2 aliphatic rings. The third-order valence-electron chi connectivity index (χ3n) is 6.03. The molecule has 5 heterocycles. The first kappa shape index (κ1) is 20.8. The van der Waals surface area contributed by atoms with Crippen molar-refractivity contribution >= 4 is 34.3 Å². The summed E-state index contributed by atoms with van der Waals surface area (Å²) < 4.78 is 30.1. The summed E-state index contributed by atoms with van der Waals surface area (Å²) in [5.41, 5.74) is 0.974. The zero-order valence-electron chi connectivity index (χ0n) is 18.4. The lowest BCUT2D eigenvalue weighted by Crippen LogP contribution is -2.43. The van der Waals surface area contributed by atoms with E-state index in [1.54, 1.807) is 17.3 Å². The van der Waals surface area contributed by atoms with Crippen molar-refractivity contribution in [3.05, 3.63) is 24.5 Å². The molecule has 2 aliphatic heterocycles. The van der Waals surface area contributed by atoms with Gasteiger partial charge in [-0.3, -0.25) is 4.68 Å². The monoisotopic (exact) mass is 442 g/mol. The molecule has 8 nitrogen and oxygen atoms in total. The highest BCUT2D eigenvalue weighted by atomic mass is 19.3. The molecule has 1 N–H and O–H groups in total. The van der Waals surface area contributed by atoms with E-state index in [1.807, 2.05) is 16.8 Å². The highest BCUT2D eigenvalue weighted by Crippen LogP contribution is 2.31. The van der Waals surface area contributed by atoms with E-state index in [4.69, 9.17) is 0 Å². The minimum absolute atomic E-state index is 0.0894. The van der Waals surface area contributed by atoms with Gasteiger partial charge in [0.2, 0.25) is 5.95 Å². The molecule has 170 valence electrons. The lowest BCUT2D eigenvalue weighted by Gasteiger charge is -2.33. The van der Waals surface area contributed by atoms with Crippen molar-refractivity contribution < 1.29 is 8.78 Å². The normalized spacial score (nSPS) is 18.7. The van der Waals surface area contributed by atoms with Gasteiger partial charge in [0.15, 0.2) is 0 Å². The van der Waals surface area contributed by atoms with Crippen LogP contribution < -0.4 is 15.1 Å². The molecule has 2 saturated heterocycles. The SMILES string of the molecule is CC(C)n1ncc2cnc(Nc3cc(N4CCCC4)nc(N4CCCC(F)(F)C4)n3)cc21. The molecule has 2 fully saturated rings. The smallest absolute Gasteiger partial charge is 0.265 e. The number of halogens is 2. The summed E-state index contributed by atoms with van der Waals surface area (Å²) in [5.74, 6) is -0.448. The van der Waals surface area contributed by atoms with Crippen LogP contribution in [0.1, 0.15) is 45.6 Å². The highest BCUT2D eigenvalue weighted by Gasteiger charge is 2.36. The number of pyridine rings is 1. The van der Waals surface area contributed by atoms with Gasteiger partial charge in [0.25, 0.3) is 5.92 Å². The predicted octanol–water partition coefficient (Wildman–Crippen LogP) is 4.38. The van der Waals surface area contributed by atoms with Crippen LogP contribution in [0.2, 0.25) is 0 Å². The summed E-state index contributed by atoms with van der Waals surface area (Å²) in [6, 6.07) is 4.04. The van der Waals surface area contributed by atoms with E-state index in [9.17, 15) is 8.78 Å². The van der Waals surface area contributed by atoms with Crippen LogP contribution in [-0.4, -0.2) is 56.8 Å². The fourth-order valence-electron chi connectivity index (χ4n) is 4.42. The lowest BCUT2D eigenvalue weighted by molar-refractivity contribution is -0.0120. The van der Waals surface area contributed by atoms with Gasteiger partial charge in [-0.1, -0.05) is 0 Å². The van der Waals surface area contributed by atoms with E-state index < -0.39 is 5.92 Å². The first-order valence-electron chi connectivity index (χ1n) is 11.3. The molecule has 0 atom stereocenters. The molecule has 10 heteroatoms. The molecule has 3 aromatic rings. The Bertz CT molecular complexity index is 1110. The fourth-order valence-corrected chi connectivity index (χ4v) is 4.42. The Labute approximate surface area is 185 Å². The third kappa shape index (κ3) is 4.18. The van der Waals surface area contributed by atoms with Gasteiger partial charge < -0.3 is 15.1 Å². The average Bonchev–Trinajstić information content (AvgIpc) is 3.43. The molecule has 0 amide bonds. The molecule has 0 aromatic carbocycles. The maximum absolute atomic E-state index is 14.1. The number of nitrogens with one attached hydrogen (secondary N) is 1. The number of hydrogen-bond acceptors (Lipinski definition) is 7. The molecular formula is C22H28F2N8. The number of nitrogens with zero attached hydrogens (tertiary/aromatic N) is 7. The number of hydrogen-bond donors (Lipinski definition) is 1. The first-order valence-corrected chi connectivity index (χ1v) is 11.3.